The van der Waals surface area contributed by atoms with Crippen molar-refractivity contribution >= 4 is 11.7 Å². The molecular weight excluding hydrogens is 328 g/mol. The number of benzene rings is 1. The lowest BCUT2D eigenvalue weighted by Gasteiger charge is -2.37. The maximum Gasteiger partial charge on any atom is 0.237 e. The molecule has 6 heteroatoms. The Morgan fingerprint density at radius 2 is 1.88 bits per heavy atom. The zero-order valence-corrected chi connectivity index (χ0v) is 15.4. The van der Waals surface area contributed by atoms with Crippen molar-refractivity contribution < 1.29 is 9.53 Å². The van der Waals surface area contributed by atoms with Crippen molar-refractivity contribution in [1.82, 2.24) is 15.2 Å². The molecule has 0 aliphatic carbocycles. The van der Waals surface area contributed by atoms with Gasteiger partial charge in [-0.05, 0) is 36.8 Å². The molecule has 0 saturated carbocycles. The molecule has 1 aromatic carbocycles. The summed E-state index contributed by atoms with van der Waals surface area (Å²) in [5.74, 6) is 1.88. The highest BCUT2D eigenvalue weighted by Crippen LogP contribution is 2.14. The minimum atomic E-state index is -0.140. The Labute approximate surface area is 154 Å². The van der Waals surface area contributed by atoms with E-state index < -0.39 is 0 Å². The average molecular weight is 354 g/mol. The number of rotatable bonds is 6. The van der Waals surface area contributed by atoms with Crippen molar-refractivity contribution in [2.45, 2.75) is 19.5 Å². The Bertz CT molecular complexity index is 698. The molecule has 0 spiro atoms. The van der Waals surface area contributed by atoms with Gasteiger partial charge in [0.05, 0.1) is 13.2 Å². The second-order valence-electron chi connectivity index (χ2n) is 6.45. The molecule has 1 amide bonds. The summed E-state index contributed by atoms with van der Waals surface area (Å²) in [5, 5.41) is 3.03. The molecule has 1 N–H and O–H groups in total. The van der Waals surface area contributed by atoms with Crippen molar-refractivity contribution in [3.05, 3.63) is 54.2 Å². The molecule has 1 aliphatic rings. The van der Waals surface area contributed by atoms with Crippen LogP contribution in [0.4, 0.5) is 5.82 Å². The largest absolute Gasteiger partial charge is 0.497 e. The molecule has 3 rings (SSSR count). The van der Waals surface area contributed by atoms with Crippen LogP contribution in [-0.2, 0) is 11.3 Å². The molecule has 138 valence electrons. The van der Waals surface area contributed by atoms with E-state index in [0.717, 1.165) is 43.3 Å². The van der Waals surface area contributed by atoms with Gasteiger partial charge in [-0.15, -0.1) is 0 Å². The molecule has 1 aliphatic heterocycles. The van der Waals surface area contributed by atoms with Crippen LogP contribution in [0.25, 0.3) is 0 Å². The Morgan fingerprint density at radius 1 is 1.15 bits per heavy atom. The number of carbonyl (C=O) groups is 1. The van der Waals surface area contributed by atoms with E-state index in [1.165, 1.54) is 0 Å². The number of aromatic nitrogens is 1. The molecule has 1 saturated heterocycles. The molecule has 1 unspecified atom stereocenters. The van der Waals surface area contributed by atoms with Gasteiger partial charge >= 0.3 is 0 Å². The van der Waals surface area contributed by atoms with Crippen LogP contribution < -0.4 is 15.0 Å². The summed E-state index contributed by atoms with van der Waals surface area (Å²) in [7, 11) is 1.64. The van der Waals surface area contributed by atoms with Crippen LogP contribution in [0.3, 0.4) is 0 Å². The molecule has 0 bridgehead atoms. The van der Waals surface area contributed by atoms with Gasteiger partial charge in [0.15, 0.2) is 0 Å². The molecule has 6 nitrogen and oxygen atoms in total. The van der Waals surface area contributed by atoms with Gasteiger partial charge in [-0.25, -0.2) is 4.98 Å². The van der Waals surface area contributed by atoms with Gasteiger partial charge in [0.2, 0.25) is 5.91 Å². The SMILES string of the molecule is COc1ccc(CNC(=O)C(C)N2CCN(c3ccccn3)CC2)cc1. The lowest BCUT2D eigenvalue weighted by molar-refractivity contribution is -0.126. The fourth-order valence-corrected chi connectivity index (χ4v) is 3.13. The van der Waals surface area contributed by atoms with Gasteiger partial charge in [0, 0.05) is 38.9 Å². The molecule has 0 radical (unpaired) electrons. The third kappa shape index (κ3) is 4.52. The molecule has 26 heavy (non-hydrogen) atoms. The second kappa shape index (κ2) is 8.67. The quantitative estimate of drug-likeness (QED) is 0.859. The van der Waals surface area contributed by atoms with Crippen LogP contribution in [-0.4, -0.2) is 55.1 Å². The smallest absolute Gasteiger partial charge is 0.237 e. The van der Waals surface area contributed by atoms with Crippen LogP contribution >= 0.6 is 0 Å². The van der Waals surface area contributed by atoms with E-state index in [1.807, 2.05) is 55.6 Å². The number of methoxy groups -OCH3 is 1. The van der Waals surface area contributed by atoms with E-state index in [9.17, 15) is 4.79 Å². The van der Waals surface area contributed by atoms with Crippen LogP contribution in [0.15, 0.2) is 48.7 Å². The number of amides is 1. The Balaban J connectivity index is 1.46. The first kappa shape index (κ1) is 18.2. The normalized spacial score (nSPS) is 16.2. The Morgan fingerprint density at radius 3 is 2.50 bits per heavy atom. The molecule has 1 atom stereocenters. The highest BCUT2D eigenvalue weighted by atomic mass is 16.5. The maximum absolute atomic E-state index is 12.5. The Hall–Kier alpha value is -2.60. The zero-order valence-electron chi connectivity index (χ0n) is 15.4. The minimum absolute atomic E-state index is 0.0621. The molecule has 2 aromatic rings. The van der Waals surface area contributed by atoms with Crippen molar-refractivity contribution in [2.75, 3.05) is 38.2 Å². The van der Waals surface area contributed by atoms with E-state index >= 15 is 0 Å². The van der Waals surface area contributed by atoms with E-state index in [0.29, 0.717) is 6.54 Å². The first-order valence-electron chi connectivity index (χ1n) is 8.98. The minimum Gasteiger partial charge on any atom is -0.497 e. The van der Waals surface area contributed by atoms with Gasteiger partial charge in [-0.3, -0.25) is 9.69 Å². The second-order valence-corrected chi connectivity index (χ2v) is 6.45. The zero-order chi connectivity index (χ0) is 18.4. The number of carbonyl (C=O) groups excluding carboxylic acids is 1. The van der Waals surface area contributed by atoms with E-state index in [4.69, 9.17) is 4.74 Å². The predicted octanol–water partition coefficient (Wildman–Crippen LogP) is 1.92. The summed E-state index contributed by atoms with van der Waals surface area (Å²) in [5.41, 5.74) is 1.06. The Kier molecular flexibility index (Phi) is 6.07. The fourth-order valence-electron chi connectivity index (χ4n) is 3.13. The fraction of sp³-hybridized carbons (Fsp3) is 0.400. The van der Waals surface area contributed by atoms with Gasteiger partial charge in [-0.1, -0.05) is 18.2 Å². The number of ether oxygens (including phenoxy) is 1. The standard InChI is InChI=1S/C20H26N4O2/c1-16(20(25)22-15-17-6-8-18(26-2)9-7-17)23-11-13-24(14-12-23)19-5-3-4-10-21-19/h3-10,16H,11-15H2,1-2H3,(H,22,25). The third-order valence-electron chi connectivity index (χ3n) is 4.84. The summed E-state index contributed by atoms with van der Waals surface area (Å²) in [6.07, 6.45) is 1.82. The number of pyridine rings is 1. The number of piperazine rings is 1. The van der Waals surface area contributed by atoms with E-state index in [-0.39, 0.29) is 11.9 Å². The van der Waals surface area contributed by atoms with E-state index in [1.54, 1.807) is 7.11 Å². The monoisotopic (exact) mass is 354 g/mol. The van der Waals surface area contributed by atoms with Gasteiger partial charge in [0.1, 0.15) is 11.6 Å². The first-order valence-corrected chi connectivity index (χ1v) is 8.98. The van der Waals surface area contributed by atoms with Crippen LogP contribution in [0.2, 0.25) is 0 Å². The highest BCUT2D eigenvalue weighted by molar-refractivity contribution is 5.81. The highest BCUT2D eigenvalue weighted by Gasteiger charge is 2.25. The van der Waals surface area contributed by atoms with Crippen LogP contribution in [0, 0.1) is 0 Å². The number of hydrogen-bond acceptors (Lipinski definition) is 5. The average Bonchev–Trinajstić information content (AvgIpc) is 2.72. The number of anilines is 1. The summed E-state index contributed by atoms with van der Waals surface area (Å²) < 4.78 is 5.15. The molecule has 1 aromatic heterocycles. The topological polar surface area (TPSA) is 57.7 Å². The van der Waals surface area contributed by atoms with Crippen LogP contribution in [0.1, 0.15) is 12.5 Å². The van der Waals surface area contributed by atoms with Crippen LogP contribution in [0.5, 0.6) is 5.75 Å². The van der Waals surface area contributed by atoms with Gasteiger partial charge in [0.25, 0.3) is 0 Å². The van der Waals surface area contributed by atoms with Crippen molar-refractivity contribution in [3.8, 4) is 5.75 Å². The molecule has 2 heterocycles. The first-order chi connectivity index (χ1) is 12.7. The summed E-state index contributed by atoms with van der Waals surface area (Å²) in [6, 6.07) is 13.6. The molecule has 1 fully saturated rings. The van der Waals surface area contributed by atoms with Gasteiger partial charge < -0.3 is 15.0 Å². The maximum atomic E-state index is 12.5. The number of hydrogen-bond donors (Lipinski definition) is 1. The lowest BCUT2D eigenvalue weighted by atomic mass is 10.2. The number of nitrogens with one attached hydrogen (secondary N) is 1. The summed E-state index contributed by atoms with van der Waals surface area (Å²) in [4.78, 5) is 21.4. The number of nitrogens with zero attached hydrogens (tertiary/aromatic N) is 3. The lowest BCUT2D eigenvalue weighted by Crippen LogP contribution is -2.54. The predicted molar refractivity (Wildman–Crippen MR) is 102 cm³/mol. The van der Waals surface area contributed by atoms with Crippen molar-refractivity contribution in [3.63, 3.8) is 0 Å². The van der Waals surface area contributed by atoms with Gasteiger partial charge in [-0.2, -0.15) is 0 Å². The summed E-state index contributed by atoms with van der Waals surface area (Å²) >= 11 is 0. The molecular formula is C20H26N4O2. The van der Waals surface area contributed by atoms with E-state index in [2.05, 4.69) is 20.1 Å². The third-order valence-corrected chi connectivity index (χ3v) is 4.84. The van der Waals surface area contributed by atoms with Crippen molar-refractivity contribution in [1.29, 1.82) is 0 Å². The summed E-state index contributed by atoms with van der Waals surface area (Å²) in [6.45, 7) is 5.97. The van der Waals surface area contributed by atoms with Crippen molar-refractivity contribution in [2.24, 2.45) is 0 Å².